The van der Waals surface area contributed by atoms with Gasteiger partial charge in [0.15, 0.2) is 11.5 Å². The van der Waals surface area contributed by atoms with E-state index in [1.54, 1.807) is 18.2 Å². The molecule has 0 saturated heterocycles. The molecule has 0 atom stereocenters. The smallest absolute Gasteiger partial charge is 0.254 e. The van der Waals surface area contributed by atoms with E-state index in [9.17, 15) is 4.79 Å². The van der Waals surface area contributed by atoms with Crippen molar-refractivity contribution in [2.45, 2.75) is 26.3 Å². The Balaban J connectivity index is 2.16. The monoisotopic (exact) mass is 327 g/mol. The molecule has 1 amide bonds. The van der Waals surface area contributed by atoms with Crippen molar-refractivity contribution in [1.82, 2.24) is 4.90 Å². The Labute approximate surface area is 121 Å². The maximum absolute atomic E-state index is 12.5. The van der Waals surface area contributed by atoms with Gasteiger partial charge in [0.25, 0.3) is 5.91 Å². The van der Waals surface area contributed by atoms with Crippen molar-refractivity contribution in [3.8, 4) is 11.5 Å². The summed E-state index contributed by atoms with van der Waals surface area (Å²) in [6.07, 6.45) is 0.939. The molecule has 5 heteroatoms. The molecule has 1 aromatic rings. The Bertz CT molecular complexity index is 462. The van der Waals surface area contributed by atoms with E-state index >= 15 is 0 Å². The molecule has 104 valence electrons. The van der Waals surface area contributed by atoms with E-state index in [0.29, 0.717) is 17.1 Å². The maximum atomic E-state index is 12.5. The molecule has 1 aromatic carbocycles. The molecule has 1 aliphatic heterocycles. The number of carbonyl (C=O) groups is 1. The average Bonchev–Trinajstić information content (AvgIpc) is 2.85. The lowest BCUT2D eigenvalue weighted by Crippen LogP contribution is -2.37. The molecular formula is C14H18BrNO3. The molecule has 2 rings (SSSR count). The van der Waals surface area contributed by atoms with Gasteiger partial charge >= 0.3 is 0 Å². The van der Waals surface area contributed by atoms with Crippen molar-refractivity contribution in [1.29, 1.82) is 0 Å². The molecule has 1 aliphatic rings. The number of fused-ring (bicyclic) bond motifs is 1. The second-order valence-corrected chi connectivity index (χ2v) is 5.50. The summed E-state index contributed by atoms with van der Waals surface area (Å²) >= 11 is 3.40. The number of alkyl halides is 1. The van der Waals surface area contributed by atoms with Crippen LogP contribution in [0.25, 0.3) is 0 Å². The first-order valence-corrected chi connectivity index (χ1v) is 7.52. The Kier molecular flexibility index (Phi) is 4.69. The molecule has 0 saturated carbocycles. The van der Waals surface area contributed by atoms with Crippen LogP contribution in [0.3, 0.4) is 0 Å². The number of benzene rings is 1. The van der Waals surface area contributed by atoms with E-state index < -0.39 is 0 Å². The van der Waals surface area contributed by atoms with Crippen molar-refractivity contribution in [2.24, 2.45) is 0 Å². The van der Waals surface area contributed by atoms with Crippen molar-refractivity contribution in [3.63, 3.8) is 0 Å². The topological polar surface area (TPSA) is 38.8 Å². The van der Waals surface area contributed by atoms with Crippen LogP contribution in [0, 0.1) is 0 Å². The summed E-state index contributed by atoms with van der Waals surface area (Å²) in [7, 11) is 0. The second kappa shape index (κ2) is 6.28. The molecule has 0 N–H and O–H groups in total. The minimum absolute atomic E-state index is 0.0363. The first-order chi connectivity index (χ1) is 9.13. The molecule has 0 unspecified atom stereocenters. The molecule has 0 aromatic heterocycles. The van der Waals surface area contributed by atoms with E-state index in [1.807, 2.05) is 18.7 Å². The highest BCUT2D eigenvalue weighted by atomic mass is 79.9. The Morgan fingerprint density at radius 2 is 2.11 bits per heavy atom. The largest absolute Gasteiger partial charge is 0.454 e. The van der Waals surface area contributed by atoms with Gasteiger partial charge in [-0.15, -0.1) is 0 Å². The number of nitrogens with zero attached hydrogens (tertiary/aromatic N) is 1. The number of hydrogen-bond donors (Lipinski definition) is 0. The Morgan fingerprint density at radius 3 is 2.79 bits per heavy atom. The zero-order valence-corrected chi connectivity index (χ0v) is 12.8. The fourth-order valence-corrected chi connectivity index (χ4v) is 2.27. The molecule has 1 heterocycles. The van der Waals surface area contributed by atoms with Gasteiger partial charge in [-0.05, 0) is 38.5 Å². The van der Waals surface area contributed by atoms with Gasteiger partial charge in [0.05, 0.1) is 0 Å². The fraction of sp³-hybridized carbons (Fsp3) is 0.500. The molecule has 0 spiro atoms. The highest BCUT2D eigenvalue weighted by Gasteiger charge is 2.21. The molecule has 19 heavy (non-hydrogen) atoms. The zero-order valence-electron chi connectivity index (χ0n) is 11.2. The summed E-state index contributed by atoms with van der Waals surface area (Å²) in [5.74, 6) is 1.39. The lowest BCUT2D eigenvalue weighted by Gasteiger charge is -2.26. The van der Waals surface area contributed by atoms with E-state index in [2.05, 4.69) is 15.9 Å². The van der Waals surface area contributed by atoms with Crippen LogP contribution >= 0.6 is 15.9 Å². The lowest BCUT2D eigenvalue weighted by molar-refractivity contribution is 0.0706. The number of rotatable bonds is 5. The minimum Gasteiger partial charge on any atom is -0.454 e. The zero-order chi connectivity index (χ0) is 13.8. The number of halogens is 1. The molecule has 0 bridgehead atoms. The predicted octanol–water partition coefficient (Wildman–Crippen LogP) is 3.05. The first kappa shape index (κ1) is 14.2. The van der Waals surface area contributed by atoms with Gasteiger partial charge < -0.3 is 14.4 Å². The molecule has 4 nitrogen and oxygen atoms in total. The van der Waals surface area contributed by atoms with E-state index in [-0.39, 0.29) is 18.7 Å². The number of amides is 1. The SMILES string of the molecule is CC(C)N(CCCBr)C(=O)c1ccc2c(c1)OCO2. The van der Waals surface area contributed by atoms with Crippen LogP contribution in [0.1, 0.15) is 30.6 Å². The first-order valence-electron chi connectivity index (χ1n) is 6.40. The van der Waals surface area contributed by atoms with Crippen LogP contribution in [0.4, 0.5) is 0 Å². The van der Waals surface area contributed by atoms with E-state index in [1.165, 1.54) is 0 Å². The van der Waals surface area contributed by atoms with Crippen molar-refractivity contribution in [3.05, 3.63) is 23.8 Å². The van der Waals surface area contributed by atoms with Crippen molar-refractivity contribution >= 4 is 21.8 Å². The molecule has 0 fully saturated rings. The molecular weight excluding hydrogens is 310 g/mol. The fourth-order valence-electron chi connectivity index (χ4n) is 2.02. The summed E-state index contributed by atoms with van der Waals surface area (Å²) in [6, 6.07) is 5.52. The number of hydrogen-bond acceptors (Lipinski definition) is 3. The Morgan fingerprint density at radius 1 is 1.37 bits per heavy atom. The lowest BCUT2D eigenvalue weighted by atomic mass is 10.1. The third kappa shape index (κ3) is 3.21. The van der Waals surface area contributed by atoms with Gasteiger partial charge in [0.2, 0.25) is 6.79 Å². The summed E-state index contributed by atoms with van der Waals surface area (Å²) < 4.78 is 10.6. The minimum atomic E-state index is 0.0363. The Hall–Kier alpha value is -1.23. The normalized spacial score (nSPS) is 12.8. The summed E-state index contributed by atoms with van der Waals surface area (Å²) in [5.41, 5.74) is 0.646. The number of carbonyl (C=O) groups excluding carboxylic acids is 1. The van der Waals surface area contributed by atoms with Gasteiger partial charge in [-0.1, -0.05) is 15.9 Å². The van der Waals surface area contributed by atoms with Gasteiger partial charge in [-0.3, -0.25) is 4.79 Å². The quantitative estimate of drug-likeness (QED) is 0.780. The second-order valence-electron chi connectivity index (χ2n) is 4.70. The average molecular weight is 328 g/mol. The molecule has 0 aliphatic carbocycles. The van der Waals surface area contributed by atoms with Crippen molar-refractivity contribution < 1.29 is 14.3 Å². The maximum Gasteiger partial charge on any atom is 0.254 e. The summed E-state index contributed by atoms with van der Waals surface area (Å²) in [5, 5.41) is 0.893. The van der Waals surface area contributed by atoms with Crippen LogP contribution in [0.15, 0.2) is 18.2 Å². The third-order valence-corrected chi connectivity index (χ3v) is 3.60. The van der Waals surface area contributed by atoms with Crippen LogP contribution < -0.4 is 9.47 Å². The predicted molar refractivity (Wildman–Crippen MR) is 77.1 cm³/mol. The van der Waals surface area contributed by atoms with E-state index in [4.69, 9.17) is 9.47 Å². The standard InChI is InChI=1S/C14H18BrNO3/c1-10(2)16(7-3-6-15)14(17)11-4-5-12-13(8-11)19-9-18-12/h4-5,8,10H,3,6-7,9H2,1-2H3. The van der Waals surface area contributed by atoms with E-state index in [0.717, 1.165) is 18.3 Å². The highest BCUT2D eigenvalue weighted by molar-refractivity contribution is 9.09. The van der Waals surface area contributed by atoms with Crippen LogP contribution in [0.2, 0.25) is 0 Å². The van der Waals surface area contributed by atoms with Gasteiger partial charge in [0.1, 0.15) is 0 Å². The third-order valence-electron chi connectivity index (χ3n) is 3.04. The number of ether oxygens (including phenoxy) is 2. The molecule has 0 radical (unpaired) electrons. The summed E-state index contributed by atoms with van der Waals surface area (Å²) in [6.45, 7) is 5.03. The van der Waals surface area contributed by atoms with Gasteiger partial charge in [-0.2, -0.15) is 0 Å². The van der Waals surface area contributed by atoms with Crippen LogP contribution in [-0.2, 0) is 0 Å². The summed E-state index contributed by atoms with van der Waals surface area (Å²) in [4.78, 5) is 14.4. The highest BCUT2D eigenvalue weighted by Crippen LogP contribution is 2.32. The van der Waals surface area contributed by atoms with Crippen molar-refractivity contribution in [2.75, 3.05) is 18.7 Å². The van der Waals surface area contributed by atoms with Crippen LogP contribution in [0.5, 0.6) is 11.5 Å². The van der Waals surface area contributed by atoms with Gasteiger partial charge in [-0.25, -0.2) is 0 Å². The van der Waals surface area contributed by atoms with Gasteiger partial charge in [0, 0.05) is 23.5 Å². The van der Waals surface area contributed by atoms with Crippen LogP contribution in [-0.4, -0.2) is 35.5 Å².